The maximum Gasteiger partial charge on any atom is 0.240 e. The Morgan fingerprint density at radius 2 is 2.00 bits per heavy atom. The van der Waals surface area contributed by atoms with Gasteiger partial charge in [0, 0.05) is 32.7 Å². The number of hydrogen-bond donors (Lipinski definition) is 2. The average Bonchev–Trinajstić information content (AvgIpc) is 2.38. The second kappa shape index (κ2) is 7.71. The summed E-state index contributed by atoms with van der Waals surface area (Å²) in [7, 11) is 0. The largest absolute Gasteiger partial charge is 0.395 e. The van der Waals surface area contributed by atoms with E-state index in [1.54, 1.807) is 0 Å². The van der Waals surface area contributed by atoms with Gasteiger partial charge in [0.25, 0.3) is 0 Å². The maximum atomic E-state index is 12.6. The predicted molar refractivity (Wildman–Crippen MR) is 72.4 cm³/mol. The van der Waals surface area contributed by atoms with Crippen LogP contribution in [0.2, 0.25) is 0 Å². The molecular formula is C13H27N3O2. The molecule has 0 radical (unpaired) electrons. The van der Waals surface area contributed by atoms with Gasteiger partial charge >= 0.3 is 0 Å². The highest BCUT2D eigenvalue weighted by molar-refractivity contribution is 5.82. The minimum atomic E-state index is -0.111. The van der Waals surface area contributed by atoms with Crippen molar-refractivity contribution in [1.29, 1.82) is 0 Å². The van der Waals surface area contributed by atoms with Crippen molar-refractivity contribution in [2.75, 3.05) is 45.9 Å². The first-order valence-electron chi connectivity index (χ1n) is 6.96. The van der Waals surface area contributed by atoms with Crippen molar-refractivity contribution < 1.29 is 9.90 Å². The molecule has 1 rings (SSSR count). The summed E-state index contributed by atoms with van der Waals surface area (Å²) < 4.78 is 0. The van der Waals surface area contributed by atoms with Crippen molar-refractivity contribution in [3.63, 3.8) is 0 Å². The number of hydrogen-bond acceptors (Lipinski definition) is 4. The summed E-state index contributed by atoms with van der Waals surface area (Å²) in [6.07, 6.45) is 0. The van der Waals surface area contributed by atoms with Gasteiger partial charge in [-0.15, -0.1) is 0 Å². The maximum absolute atomic E-state index is 12.6. The fourth-order valence-electron chi connectivity index (χ4n) is 2.56. The smallest absolute Gasteiger partial charge is 0.240 e. The van der Waals surface area contributed by atoms with E-state index in [1.807, 2.05) is 11.8 Å². The number of aliphatic hydroxyl groups excluding tert-OH is 1. The highest BCUT2D eigenvalue weighted by Crippen LogP contribution is 2.14. The molecule has 1 aliphatic rings. The lowest BCUT2D eigenvalue weighted by atomic mass is 10.0. The number of amides is 1. The number of nitrogens with one attached hydrogen (secondary N) is 1. The van der Waals surface area contributed by atoms with Crippen molar-refractivity contribution in [3.05, 3.63) is 0 Å². The van der Waals surface area contributed by atoms with E-state index >= 15 is 0 Å². The first-order chi connectivity index (χ1) is 8.61. The van der Waals surface area contributed by atoms with E-state index in [4.69, 9.17) is 5.11 Å². The molecule has 0 aromatic rings. The molecule has 1 saturated heterocycles. The third-order valence-corrected chi connectivity index (χ3v) is 3.50. The van der Waals surface area contributed by atoms with Crippen molar-refractivity contribution in [2.24, 2.45) is 5.92 Å². The van der Waals surface area contributed by atoms with Crippen LogP contribution in [-0.2, 0) is 4.79 Å². The lowest BCUT2D eigenvalue weighted by Crippen LogP contribution is -2.56. The highest BCUT2D eigenvalue weighted by Gasteiger charge is 2.31. The lowest BCUT2D eigenvalue weighted by Gasteiger charge is -2.37. The predicted octanol–water partition coefficient (Wildman–Crippen LogP) is -0.243. The molecule has 0 saturated carbocycles. The Kier molecular flexibility index (Phi) is 6.60. The van der Waals surface area contributed by atoms with Gasteiger partial charge in [-0.25, -0.2) is 0 Å². The van der Waals surface area contributed by atoms with Crippen LogP contribution in [0.15, 0.2) is 0 Å². The van der Waals surface area contributed by atoms with Gasteiger partial charge in [-0.05, 0) is 12.5 Å². The molecule has 106 valence electrons. The first kappa shape index (κ1) is 15.4. The summed E-state index contributed by atoms with van der Waals surface area (Å²) in [5.41, 5.74) is 0. The summed E-state index contributed by atoms with van der Waals surface area (Å²) in [6, 6.07) is -0.111. The molecule has 0 aliphatic carbocycles. The number of aliphatic hydroxyl groups is 1. The zero-order valence-electron chi connectivity index (χ0n) is 11.9. The van der Waals surface area contributed by atoms with Gasteiger partial charge in [-0.3, -0.25) is 9.69 Å². The second-order valence-electron chi connectivity index (χ2n) is 5.12. The van der Waals surface area contributed by atoms with Crippen LogP contribution in [0, 0.1) is 5.92 Å². The molecular weight excluding hydrogens is 230 g/mol. The number of rotatable bonds is 6. The van der Waals surface area contributed by atoms with Crippen molar-refractivity contribution in [1.82, 2.24) is 15.1 Å². The minimum Gasteiger partial charge on any atom is -0.395 e. The third-order valence-electron chi connectivity index (χ3n) is 3.50. The zero-order chi connectivity index (χ0) is 13.5. The van der Waals surface area contributed by atoms with Crippen LogP contribution in [0.3, 0.4) is 0 Å². The van der Waals surface area contributed by atoms with Gasteiger partial charge in [0.15, 0.2) is 0 Å². The molecule has 1 amide bonds. The molecule has 0 aromatic carbocycles. The summed E-state index contributed by atoms with van der Waals surface area (Å²) in [5.74, 6) is 0.473. The Labute approximate surface area is 110 Å². The second-order valence-corrected chi connectivity index (χ2v) is 5.12. The molecule has 1 aliphatic heterocycles. The minimum absolute atomic E-state index is 0.103. The molecule has 0 bridgehead atoms. The van der Waals surface area contributed by atoms with Crippen LogP contribution in [-0.4, -0.2) is 72.7 Å². The lowest BCUT2D eigenvalue weighted by molar-refractivity contribution is -0.139. The SMILES string of the molecule is CCN(CCO)C(C(=O)N1CCNCC1)C(C)C. The van der Waals surface area contributed by atoms with Gasteiger partial charge in [0.05, 0.1) is 12.6 Å². The summed E-state index contributed by atoms with van der Waals surface area (Å²) in [6.45, 7) is 11.0. The number of likely N-dealkylation sites (N-methyl/N-ethyl adjacent to an activating group) is 1. The fraction of sp³-hybridized carbons (Fsp3) is 0.923. The number of piperazine rings is 1. The Morgan fingerprint density at radius 1 is 1.39 bits per heavy atom. The Bertz CT molecular complexity index is 253. The Hall–Kier alpha value is -0.650. The molecule has 18 heavy (non-hydrogen) atoms. The van der Waals surface area contributed by atoms with Crippen LogP contribution >= 0.6 is 0 Å². The first-order valence-corrected chi connectivity index (χ1v) is 6.96. The van der Waals surface area contributed by atoms with E-state index < -0.39 is 0 Å². The van der Waals surface area contributed by atoms with Crippen LogP contribution < -0.4 is 5.32 Å². The van der Waals surface area contributed by atoms with E-state index in [-0.39, 0.29) is 24.5 Å². The van der Waals surface area contributed by atoms with Crippen LogP contribution in [0.25, 0.3) is 0 Å². The van der Waals surface area contributed by atoms with E-state index in [2.05, 4.69) is 24.1 Å². The van der Waals surface area contributed by atoms with Gasteiger partial charge < -0.3 is 15.3 Å². The van der Waals surface area contributed by atoms with Crippen molar-refractivity contribution in [3.8, 4) is 0 Å². The van der Waals surface area contributed by atoms with E-state index in [0.29, 0.717) is 6.54 Å². The summed E-state index contributed by atoms with van der Waals surface area (Å²) in [4.78, 5) is 16.6. The van der Waals surface area contributed by atoms with E-state index in [1.165, 1.54) is 0 Å². The fourth-order valence-corrected chi connectivity index (χ4v) is 2.56. The van der Waals surface area contributed by atoms with Crippen molar-refractivity contribution >= 4 is 5.91 Å². The van der Waals surface area contributed by atoms with Gasteiger partial charge in [0.1, 0.15) is 0 Å². The average molecular weight is 257 g/mol. The molecule has 0 aromatic heterocycles. The molecule has 5 heteroatoms. The summed E-state index contributed by atoms with van der Waals surface area (Å²) in [5, 5.41) is 12.4. The molecule has 1 unspecified atom stereocenters. The number of carbonyl (C=O) groups is 1. The van der Waals surface area contributed by atoms with Crippen LogP contribution in [0.1, 0.15) is 20.8 Å². The van der Waals surface area contributed by atoms with Gasteiger partial charge in [-0.1, -0.05) is 20.8 Å². The van der Waals surface area contributed by atoms with E-state index in [9.17, 15) is 4.79 Å². The van der Waals surface area contributed by atoms with E-state index in [0.717, 1.165) is 32.7 Å². The monoisotopic (exact) mass is 257 g/mol. The topological polar surface area (TPSA) is 55.8 Å². The van der Waals surface area contributed by atoms with Crippen LogP contribution in [0.4, 0.5) is 0 Å². The molecule has 0 spiro atoms. The highest BCUT2D eigenvalue weighted by atomic mass is 16.3. The zero-order valence-corrected chi connectivity index (χ0v) is 11.9. The molecule has 5 nitrogen and oxygen atoms in total. The van der Waals surface area contributed by atoms with Crippen LogP contribution in [0.5, 0.6) is 0 Å². The molecule has 1 fully saturated rings. The van der Waals surface area contributed by atoms with Gasteiger partial charge in [0.2, 0.25) is 5.91 Å². The molecule has 1 heterocycles. The third kappa shape index (κ3) is 3.93. The standard InChI is InChI=1S/C13H27N3O2/c1-4-15(9-10-17)12(11(2)3)13(18)16-7-5-14-6-8-16/h11-12,14,17H,4-10H2,1-3H3. The quantitative estimate of drug-likeness (QED) is 0.689. The Balaban J connectivity index is 2.72. The normalized spacial score (nSPS) is 18.4. The molecule has 1 atom stereocenters. The van der Waals surface area contributed by atoms with Crippen molar-refractivity contribution in [2.45, 2.75) is 26.8 Å². The molecule has 2 N–H and O–H groups in total. The summed E-state index contributed by atoms with van der Waals surface area (Å²) >= 11 is 0. The van der Waals surface area contributed by atoms with Gasteiger partial charge in [-0.2, -0.15) is 0 Å². The number of nitrogens with zero attached hydrogens (tertiary/aromatic N) is 2. The Morgan fingerprint density at radius 3 is 2.44 bits per heavy atom. The number of carbonyl (C=O) groups excluding carboxylic acids is 1.